The maximum absolute atomic E-state index is 12.9. The van der Waals surface area contributed by atoms with Crippen LogP contribution in [0.2, 0.25) is 10.0 Å². The maximum Gasteiger partial charge on any atom is 0.326 e. The molecule has 2 aromatic carbocycles. The number of rotatable bonds is 7. The summed E-state index contributed by atoms with van der Waals surface area (Å²) < 4.78 is 5.92. The zero-order valence-corrected chi connectivity index (χ0v) is 17.6. The Labute approximate surface area is 180 Å². The molecule has 154 valence electrons. The number of benzene rings is 2. The van der Waals surface area contributed by atoms with Gasteiger partial charge in [-0.15, -0.1) is 0 Å². The van der Waals surface area contributed by atoms with Crippen LogP contribution in [0.5, 0.6) is 0 Å². The molecule has 1 N–H and O–H groups in total. The molecule has 0 saturated carbocycles. The number of ether oxygens (including phenoxy) is 1. The molecule has 7 heteroatoms. The van der Waals surface area contributed by atoms with Gasteiger partial charge in [0.05, 0.1) is 6.04 Å². The van der Waals surface area contributed by atoms with Gasteiger partial charge in [0.15, 0.2) is 0 Å². The predicted octanol–water partition coefficient (Wildman–Crippen LogP) is 5.28. The maximum atomic E-state index is 12.9. The smallest absolute Gasteiger partial charge is 0.326 e. The minimum atomic E-state index is -1.01. The molecular weight excluding hydrogens is 413 g/mol. The molecule has 3 rings (SSSR count). The van der Waals surface area contributed by atoms with Crippen molar-refractivity contribution in [1.82, 2.24) is 4.90 Å². The van der Waals surface area contributed by atoms with E-state index in [1.807, 2.05) is 31.2 Å². The van der Waals surface area contributed by atoms with Gasteiger partial charge in [-0.1, -0.05) is 67.2 Å². The molecule has 1 aliphatic rings. The van der Waals surface area contributed by atoms with Crippen LogP contribution >= 0.6 is 23.2 Å². The van der Waals surface area contributed by atoms with Crippen LogP contribution in [0.1, 0.15) is 49.5 Å². The minimum Gasteiger partial charge on any atom is -0.480 e. The third-order valence-corrected chi connectivity index (χ3v) is 5.63. The lowest BCUT2D eigenvalue weighted by Crippen LogP contribution is -2.53. The first-order valence-electron chi connectivity index (χ1n) is 9.59. The van der Waals surface area contributed by atoms with E-state index in [2.05, 4.69) is 0 Å². The van der Waals surface area contributed by atoms with Crippen molar-refractivity contribution in [2.75, 3.05) is 6.61 Å². The number of carboxylic acids is 1. The van der Waals surface area contributed by atoms with Crippen molar-refractivity contribution < 1.29 is 19.4 Å². The summed E-state index contributed by atoms with van der Waals surface area (Å²) >= 11 is 12.1. The quantitative estimate of drug-likeness (QED) is 0.642. The number of hydrogen-bond donors (Lipinski definition) is 1. The van der Waals surface area contributed by atoms with E-state index < -0.39 is 24.2 Å². The first-order valence-corrected chi connectivity index (χ1v) is 10.3. The van der Waals surface area contributed by atoms with Crippen LogP contribution in [0.3, 0.4) is 0 Å². The van der Waals surface area contributed by atoms with Gasteiger partial charge in [0, 0.05) is 10.0 Å². The number of carboxylic acid groups (broad SMARTS) is 1. The number of amides is 1. The second kappa shape index (κ2) is 9.61. The van der Waals surface area contributed by atoms with Crippen molar-refractivity contribution in [3.8, 4) is 0 Å². The van der Waals surface area contributed by atoms with Gasteiger partial charge in [-0.2, -0.15) is 0 Å². The van der Waals surface area contributed by atoms with E-state index in [4.69, 9.17) is 27.9 Å². The van der Waals surface area contributed by atoms with Gasteiger partial charge in [-0.05, 0) is 41.8 Å². The lowest BCUT2D eigenvalue weighted by Gasteiger charge is -2.44. The second-order valence-corrected chi connectivity index (χ2v) is 7.95. The molecule has 1 amide bonds. The Morgan fingerprint density at radius 3 is 2.17 bits per heavy atom. The normalized spacial score (nSPS) is 20.5. The van der Waals surface area contributed by atoms with Gasteiger partial charge in [0.1, 0.15) is 18.8 Å². The Bertz CT molecular complexity index is 854. The molecule has 1 fully saturated rings. The fraction of sp³-hybridized carbons (Fsp3) is 0.364. The van der Waals surface area contributed by atoms with Crippen molar-refractivity contribution in [2.24, 2.45) is 0 Å². The summed E-state index contributed by atoms with van der Waals surface area (Å²) in [7, 11) is 0. The Kier molecular flexibility index (Phi) is 7.17. The molecule has 0 radical (unpaired) electrons. The molecule has 0 bridgehead atoms. The molecule has 2 aromatic rings. The molecule has 5 nitrogen and oxygen atoms in total. The van der Waals surface area contributed by atoms with Crippen molar-refractivity contribution >= 4 is 35.1 Å². The van der Waals surface area contributed by atoms with Gasteiger partial charge in [0.2, 0.25) is 5.91 Å². The van der Waals surface area contributed by atoms with Crippen LogP contribution in [-0.4, -0.2) is 34.5 Å². The van der Waals surface area contributed by atoms with Crippen LogP contribution in [0, 0.1) is 0 Å². The van der Waals surface area contributed by atoms with Crippen LogP contribution in [0.15, 0.2) is 48.5 Å². The summed E-state index contributed by atoms with van der Waals surface area (Å²) in [4.78, 5) is 26.4. The van der Waals surface area contributed by atoms with Crippen LogP contribution in [0.25, 0.3) is 0 Å². The van der Waals surface area contributed by atoms with Crippen molar-refractivity contribution in [3.63, 3.8) is 0 Å². The number of carbonyl (C=O) groups is 2. The molecule has 0 aliphatic carbocycles. The van der Waals surface area contributed by atoms with Gasteiger partial charge in [-0.3, -0.25) is 4.79 Å². The Balaban J connectivity index is 2.09. The van der Waals surface area contributed by atoms with E-state index in [1.165, 1.54) is 4.90 Å². The van der Waals surface area contributed by atoms with Gasteiger partial charge >= 0.3 is 5.97 Å². The number of nitrogens with zero attached hydrogens (tertiary/aromatic N) is 1. The molecule has 0 aromatic heterocycles. The van der Waals surface area contributed by atoms with E-state index in [1.54, 1.807) is 24.3 Å². The summed E-state index contributed by atoms with van der Waals surface area (Å²) in [6.07, 6.45) is 1.42. The Morgan fingerprint density at radius 2 is 1.66 bits per heavy atom. The number of aliphatic carboxylic acids is 1. The van der Waals surface area contributed by atoms with E-state index >= 15 is 0 Å². The zero-order valence-electron chi connectivity index (χ0n) is 16.1. The van der Waals surface area contributed by atoms with Crippen molar-refractivity contribution in [2.45, 2.75) is 44.4 Å². The number of halogens is 2. The molecule has 1 heterocycles. The van der Waals surface area contributed by atoms with Crippen LogP contribution in [-0.2, 0) is 14.3 Å². The first-order chi connectivity index (χ1) is 13.9. The molecular formula is C22H23Cl2NO4. The van der Waals surface area contributed by atoms with Crippen LogP contribution in [0.4, 0.5) is 0 Å². The molecule has 0 unspecified atom stereocenters. The highest BCUT2D eigenvalue weighted by molar-refractivity contribution is 6.30. The van der Waals surface area contributed by atoms with Crippen LogP contribution < -0.4 is 0 Å². The largest absolute Gasteiger partial charge is 0.480 e. The number of hydrogen-bond acceptors (Lipinski definition) is 3. The summed E-state index contributed by atoms with van der Waals surface area (Å²) in [6, 6.07) is 12.8. The average Bonchev–Trinajstić information content (AvgIpc) is 2.70. The van der Waals surface area contributed by atoms with Crippen molar-refractivity contribution in [3.05, 3.63) is 69.7 Å². The molecule has 3 atom stereocenters. The second-order valence-electron chi connectivity index (χ2n) is 7.08. The molecule has 29 heavy (non-hydrogen) atoms. The highest BCUT2D eigenvalue weighted by atomic mass is 35.5. The average molecular weight is 436 g/mol. The lowest BCUT2D eigenvalue weighted by atomic mass is 9.90. The number of carbonyl (C=O) groups excluding carboxylic acids is 1. The number of unbranched alkanes of at least 4 members (excludes halogenated alkanes) is 1. The predicted molar refractivity (Wildman–Crippen MR) is 112 cm³/mol. The fourth-order valence-corrected chi connectivity index (χ4v) is 3.95. The van der Waals surface area contributed by atoms with Crippen molar-refractivity contribution in [1.29, 1.82) is 0 Å². The Morgan fingerprint density at radius 1 is 1.10 bits per heavy atom. The monoisotopic (exact) mass is 435 g/mol. The Hall–Kier alpha value is -2.08. The standard InChI is InChI=1S/C22H23Cl2NO4/c1-2-3-4-18(22(27)28)25-19(26)13-29-21(15-7-11-17(24)12-8-15)20(25)14-5-9-16(23)10-6-14/h5-12,18,20-21H,2-4,13H2,1H3,(H,27,28)/t18-,20-,21+/m0/s1. The number of morpholine rings is 1. The first kappa shape index (κ1) is 21.6. The summed E-state index contributed by atoms with van der Waals surface area (Å²) in [5.74, 6) is -1.35. The zero-order chi connectivity index (χ0) is 21.0. The van der Waals surface area contributed by atoms with Gasteiger partial charge in [0.25, 0.3) is 0 Å². The fourth-order valence-electron chi connectivity index (χ4n) is 3.70. The highest BCUT2D eigenvalue weighted by Gasteiger charge is 2.44. The lowest BCUT2D eigenvalue weighted by molar-refractivity contribution is -0.171. The third kappa shape index (κ3) is 4.92. The minimum absolute atomic E-state index is 0.173. The summed E-state index contributed by atoms with van der Waals surface area (Å²) in [6.45, 7) is 1.82. The van der Waals surface area contributed by atoms with Gasteiger partial charge < -0.3 is 14.7 Å². The topological polar surface area (TPSA) is 66.8 Å². The summed E-state index contributed by atoms with van der Waals surface area (Å²) in [5, 5.41) is 11.1. The van der Waals surface area contributed by atoms with E-state index in [0.29, 0.717) is 22.9 Å². The molecule has 1 saturated heterocycles. The van der Waals surface area contributed by atoms with Gasteiger partial charge in [-0.25, -0.2) is 4.79 Å². The molecule has 1 aliphatic heterocycles. The molecule has 0 spiro atoms. The summed E-state index contributed by atoms with van der Waals surface area (Å²) in [5.41, 5.74) is 1.59. The SMILES string of the molecule is CCCC[C@@H](C(=O)O)N1C(=O)CO[C@H](c2ccc(Cl)cc2)[C@@H]1c1ccc(Cl)cc1. The van der Waals surface area contributed by atoms with E-state index in [-0.39, 0.29) is 12.5 Å². The highest BCUT2D eigenvalue weighted by Crippen LogP contribution is 2.42. The van der Waals surface area contributed by atoms with E-state index in [9.17, 15) is 14.7 Å². The van der Waals surface area contributed by atoms with E-state index in [0.717, 1.165) is 17.5 Å². The third-order valence-electron chi connectivity index (χ3n) is 5.12.